The average molecular weight is 383 g/mol. The average Bonchev–Trinajstić information content (AvgIpc) is 2.73. The lowest BCUT2D eigenvalue weighted by Crippen LogP contribution is -2.36. The van der Waals surface area contributed by atoms with Crippen LogP contribution in [0.2, 0.25) is 0 Å². The number of amides is 2. The van der Waals surface area contributed by atoms with Gasteiger partial charge in [0, 0.05) is 42.5 Å². The Bertz CT molecular complexity index is 779. The fourth-order valence-corrected chi connectivity index (χ4v) is 4.33. The summed E-state index contributed by atoms with van der Waals surface area (Å²) in [4.78, 5) is 27.8. The summed E-state index contributed by atoms with van der Waals surface area (Å²) >= 11 is 1.77. The van der Waals surface area contributed by atoms with Crippen molar-refractivity contribution in [1.82, 2.24) is 5.32 Å². The molecule has 0 aliphatic carbocycles. The van der Waals surface area contributed by atoms with Crippen LogP contribution >= 0.6 is 11.8 Å². The molecule has 5 heteroatoms. The van der Waals surface area contributed by atoms with Crippen molar-refractivity contribution in [2.75, 3.05) is 23.7 Å². The molecule has 1 heterocycles. The second-order valence-electron chi connectivity index (χ2n) is 6.68. The van der Waals surface area contributed by atoms with Crippen molar-refractivity contribution in [2.24, 2.45) is 0 Å². The number of rotatable bonds is 7. The van der Waals surface area contributed by atoms with Crippen LogP contribution in [-0.4, -0.2) is 30.7 Å². The van der Waals surface area contributed by atoms with Crippen LogP contribution in [0.25, 0.3) is 0 Å². The smallest absolute Gasteiger partial charge is 0.227 e. The molecular formula is C22H26N2O2S. The fraction of sp³-hybridized carbons (Fsp3) is 0.364. The molecular weight excluding hydrogens is 356 g/mol. The first-order valence-electron chi connectivity index (χ1n) is 9.53. The van der Waals surface area contributed by atoms with Gasteiger partial charge in [0.25, 0.3) is 0 Å². The molecule has 27 heavy (non-hydrogen) atoms. The van der Waals surface area contributed by atoms with E-state index in [0.717, 1.165) is 22.8 Å². The lowest BCUT2D eigenvalue weighted by molar-refractivity contribution is -0.125. The molecule has 0 fully saturated rings. The quantitative estimate of drug-likeness (QED) is 0.780. The normalized spacial score (nSPS) is 14.3. The Hall–Kier alpha value is -2.27. The standard InChI is InChI=1S/C22H26N2O2S/c1-2-17(18-8-4-3-5-9-18)16-23-21(25)12-13-22(26)24-14-15-27-20-11-7-6-10-19(20)24/h3-11,17H,2,12-16H2,1H3,(H,23,25). The number of fused-ring (bicyclic) bond motifs is 1. The number of carbonyl (C=O) groups excluding carboxylic acids is 2. The van der Waals surface area contributed by atoms with Crippen molar-refractivity contribution in [3.8, 4) is 0 Å². The highest BCUT2D eigenvalue weighted by Crippen LogP contribution is 2.34. The first kappa shape index (κ1) is 19.5. The Morgan fingerprint density at radius 2 is 1.81 bits per heavy atom. The van der Waals surface area contributed by atoms with Gasteiger partial charge in [-0.1, -0.05) is 49.4 Å². The Morgan fingerprint density at radius 1 is 1.07 bits per heavy atom. The molecule has 1 N–H and O–H groups in total. The minimum atomic E-state index is -0.0580. The number of hydrogen-bond donors (Lipinski definition) is 1. The van der Waals surface area contributed by atoms with Crippen LogP contribution in [0.1, 0.15) is 37.7 Å². The molecule has 0 radical (unpaired) electrons. The minimum absolute atomic E-state index is 0.0213. The summed E-state index contributed by atoms with van der Waals surface area (Å²) in [7, 11) is 0. The summed E-state index contributed by atoms with van der Waals surface area (Å²) in [6.07, 6.45) is 1.44. The van der Waals surface area contributed by atoms with Gasteiger partial charge in [-0.3, -0.25) is 9.59 Å². The number of nitrogens with one attached hydrogen (secondary N) is 1. The van der Waals surface area contributed by atoms with Crippen molar-refractivity contribution in [3.63, 3.8) is 0 Å². The Balaban J connectivity index is 1.49. The van der Waals surface area contributed by atoms with Gasteiger partial charge in [0.1, 0.15) is 0 Å². The van der Waals surface area contributed by atoms with E-state index in [9.17, 15) is 9.59 Å². The molecule has 2 amide bonds. The fourth-order valence-electron chi connectivity index (χ4n) is 3.33. The Labute approximate surface area is 165 Å². The van der Waals surface area contributed by atoms with Crippen LogP contribution in [0.4, 0.5) is 5.69 Å². The van der Waals surface area contributed by atoms with E-state index in [1.807, 2.05) is 47.4 Å². The number of nitrogens with zero attached hydrogens (tertiary/aromatic N) is 1. The maximum atomic E-state index is 12.6. The van der Waals surface area contributed by atoms with E-state index in [2.05, 4.69) is 24.4 Å². The predicted molar refractivity (Wildman–Crippen MR) is 111 cm³/mol. The first-order valence-corrected chi connectivity index (χ1v) is 10.5. The molecule has 0 bridgehead atoms. The van der Waals surface area contributed by atoms with Gasteiger partial charge in [-0.2, -0.15) is 0 Å². The van der Waals surface area contributed by atoms with Crippen LogP contribution in [0, 0.1) is 0 Å². The van der Waals surface area contributed by atoms with Crippen molar-refractivity contribution in [1.29, 1.82) is 0 Å². The first-order chi connectivity index (χ1) is 13.2. The zero-order valence-electron chi connectivity index (χ0n) is 15.7. The Morgan fingerprint density at radius 3 is 2.59 bits per heavy atom. The van der Waals surface area contributed by atoms with Gasteiger partial charge in [-0.15, -0.1) is 11.8 Å². The second kappa shape index (κ2) is 9.60. The van der Waals surface area contributed by atoms with Gasteiger partial charge in [0.05, 0.1) is 5.69 Å². The molecule has 2 aromatic carbocycles. The molecule has 1 aliphatic rings. The summed E-state index contributed by atoms with van der Waals surface area (Å²) in [6.45, 7) is 3.43. The van der Waals surface area contributed by atoms with Gasteiger partial charge in [0.15, 0.2) is 0 Å². The molecule has 1 unspecified atom stereocenters. The number of anilines is 1. The van der Waals surface area contributed by atoms with Crippen molar-refractivity contribution in [2.45, 2.75) is 37.0 Å². The minimum Gasteiger partial charge on any atom is -0.355 e. The van der Waals surface area contributed by atoms with Gasteiger partial charge >= 0.3 is 0 Å². The van der Waals surface area contributed by atoms with E-state index in [0.29, 0.717) is 19.0 Å². The maximum absolute atomic E-state index is 12.6. The number of thioether (sulfide) groups is 1. The van der Waals surface area contributed by atoms with Crippen LogP contribution in [0.3, 0.4) is 0 Å². The molecule has 1 atom stereocenters. The summed E-state index contributed by atoms with van der Waals surface area (Å²) in [5, 5.41) is 3.00. The number of para-hydroxylation sites is 1. The molecule has 0 saturated carbocycles. The molecule has 0 saturated heterocycles. The van der Waals surface area contributed by atoms with Crippen LogP contribution in [0.5, 0.6) is 0 Å². The number of hydrogen-bond acceptors (Lipinski definition) is 3. The van der Waals surface area contributed by atoms with Gasteiger partial charge in [-0.05, 0) is 24.1 Å². The van der Waals surface area contributed by atoms with E-state index >= 15 is 0 Å². The zero-order chi connectivity index (χ0) is 19.1. The lowest BCUT2D eigenvalue weighted by atomic mass is 9.96. The van der Waals surface area contributed by atoms with E-state index in [4.69, 9.17) is 0 Å². The van der Waals surface area contributed by atoms with Crippen molar-refractivity contribution < 1.29 is 9.59 Å². The second-order valence-corrected chi connectivity index (χ2v) is 7.82. The molecule has 0 aromatic heterocycles. The third-order valence-electron chi connectivity index (χ3n) is 4.90. The maximum Gasteiger partial charge on any atom is 0.227 e. The van der Waals surface area contributed by atoms with Crippen molar-refractivity contribution >= 4 is 29.3 Å². The van der Waals surface area contributed by atoms with Gasteiger partial charge in [-0.25, -0.2) is 0 Å². The molecule has 3 rings (SSSR count). The van der Waals surface area contributed by atoms with Crippen LogP contribution in [-0.2, 0) is 9.59 Å². The number of carbonyl (C=O) groups is 2. The van der Waals surface area contributed by atoms with E-state index in [-0.39, 0.29) is 24.7 Å². The SMILES string of the molecule is CCC(CNC(=O)CCC(=O)N1CCSc2ccccc21)c1ccccc1. The van der Waals surface area contributed by atoms with Crippen LogP contribution in [0.15, 0.2) is 59.5 Å². The highest BCUT2D eigenvalue weighted by Gasteiger charge is 2.23. The third kappa shape index (κ3) is 5.13. The van der Waals surface area contributed by atoms with Crippen LogP contribution < -0.4 is 10.2 Å². The number of benzene rings is 2. The molecule has 1 aliphatic heterocycles. The van der Waals surface area contributed by atoms with Gasteiger partial charge < -0.3 is 10.2 Å². The topological polar surface area (TPSA) is 49.4 Å². The summed E-state index contributed by atoms with van der Waals surface area (Å²) in [5.74, 6) is 1.16. The molecule has 4 nitrogen and oxygen atoms in total. The van der Waals surface area contributed by atoms with E-state index in [1.54, 1.807) is 11.8 Å². The molecule has 142 valence electrons. The molecule has 2 aromatic rings. The van der Waals surface area contributed by atoms with Crippen molar-refractivity contribution in [3.05, 3.63) is 60.2 Å². The third-order valence-corrected chi connectivity index (χ3v) is 5.95. The summed E-state index contributed by atoms with van der Waals surface area (Å²) in [5.41, 5.74) is 2.20. The molecule has 0 spiro atoms. The Kier molecular flexibility index (Phi) is 6.93. The lowest BCUT2D eigenvalue weighted by Gasteiger charge is -2.29. The monoisotopic (exact) mass is 382 g/mol. The highest BCUT2D eigenvalue weighted by molar-refractivity contribution is 7.99. The largest absolute Gasteiger partial charge is 0.355 e. The highest BCUT2D eigenvalue weighted by atomic mass is 32.2. The van der Waals surface area contributed by atoms with E-state index < -0.39 is 0 Å². The summed E-state index contributed by atoms with van der Waals surface area (Å²) < 4.78 is 0. The predicted octanol–water partition coefficient (Wildman–Crippen LogP) is 4.22. The van der Waals surface area contributed by atoms with Gasteiger partial charge in [0.2, 0.25) is 11.8 Å². The zero-order valence-corrected chi connectivity index (χ0v) is 16.5. The van der Waals surface area contributed by atoms with E-state index in [1.165, 1.54) is 5.56 Å². The summed E-state index contributed by atoms with van der Waals surface area (Å²) in [6, 6.07) is 18.2.